The minimum absolute atomic E-state index is 0.0668. The van der Waals surface area contributed by atoms with Crippen molar-refractivity contribution in [2.75, 3.05) is 53.7 Å². The molecule has 0 aliphatic heterocycles. The first-order valence-electron chi connectivity index (χ1n) is 17.6. The minimum Gasteiger partial charge on any atom is -0.379 e. The third-order valence-corrected chi connectivity index (χ3v) is 7.78. The summed E-state index contributed by atoms with van der Waals surface area (Å²) in [7, 11) is 4.17. The maximum absolute atomic E-state index is 6.19. The molecule has 39 heavy (non-hydrogen) atoms. The van der Waals surface area contributed by atoms with E-state index in [1.807, 2.05) is 0 Å². The van der Waals surface area contributed by atoms with Gasteiger partial charge in [0, 0.05) is 19.8 Å². The number of likely N-dealkylation sites (N-methyl/N-ethyl adjacent to an activating group) is 1. The van der Waals surface area contributed by atoms with Gasteiger partial charge in [0.15, 0.2) is 0 Å². The van der Waals surface area contributed by atoms with Crippen molar-refractivity contribution in [1.29, 1.82) is 0 Å². The summed E-state index contributed by atoms with van der Waals surface area (Å²) in [6.07, 6.45) is 33.1. The Hall–Kier alpha value is -0.160. The molecule has 0 aromatic heterocycles. The molecule has 0 saturated carbocycles. The summed E-state index contributed by atoms with van der Waals surface area (Å²) >= 11 is 0. The molecule has 0 aliphatic carbocycles. The van der Waals surface area contributed by atoms with Gasteiger partial charge in [0.05, 0.1) is 19.8 Å². The number of hydrogen-bond acceptors (Lipinski definition) is 4. The second-order valence-corrected chi connectivity index (χ2v) is 12.2. The first kappa shape index (κ1) is 38.8. The van der Waals surface area contributed by atoms with E-state index >= 15 is 0 Å². The Balaban J connectivity index is 3.71. The molecule has 0 aromatic rings. The predicted octanol–water partition coefficient (Wildman–Crippen LogP) is 10.4. The third kappa shape index (κ3) is 33.9. The molecular formula is C35H73NO3. The molecule has 0 aliphatic rings. The Kier molecular flexibility index (Phi) is 33.9. The third-order valence-electron chi connectivity index (χ3n) is 7.78. The minimum atomic E-state index is 0.0668. The van der Waals surface area contributed by atoms with Crippen LogP contribution in [-0.4, -0.2) is 64.7 Å². The second kappa shape index (κ2) is 34.0. The van der Waals surface area contributed by atoms with E-state index in [9.17, 15) is 0 Å². The lowest BCUT2D eigenvalue weighted by molar-refractivity contribution is -0.0623. The molecule has 0 fully saturated rings. The summed E-state index contributed by atoms with van der Waals surface area (Å²) in [5.41, 5.74) is 0. The highest BCUT2D eigenvalue weighted by atomic mass is 16.6. The van der Waals surface area contributed by atoms with E-state index < -0.39 is 0 Å². The van der Waals surface area contributed by atoms with Crippen LogP contribution >= 0.6 is 0 Å². The predicted molar refractivity (Wildman–Crippen MR) is 172 cm³/mol. The van der Waals surface area contributed by atoms with E-state index in [2.05, 4.69) is 32.8 Å². The van der Waals surface area contributed by atoms with Crippen LogP contribution in [0.2, 0.25) is 0 Å². The standard InChI is InChI=1S/C35H73NO3/c1-5-7-9-11-13-15-17-19-21-23-25-27-30-37-33-35(34-38-32-29-36(3)4)39-31-28-26-24-22-20-18-16-14-12-10-8-6-2/h35H,5-34H2,1-4H3. The van der Waals surface area contributed by atoms with Crippen LogP contribution in [0, 0.1) is 0 Å². The summed E-state index contributed by atoms with van der Waals surface area (Å²) in [5, 5.41) is 0. The van der Waals surface area contributed by atoms with Gasteiger partial charge in [0.1, 0.15) is 6.10 Å². The Bertz CT molecular complexity index is 432. The molecule has 0 amide bonds. The first-order chi connectivity index (χ1) is 19.2. The van der Waals surface area contributed by atoms with E-state index in [0.29, 0.717) is 13.2 Å². The topological polar surface area (TPSA) is 30.9 Å². The molecule has 0 radical (unpaired) electrons. The summed E-state index contributed by atoms with van der Waals surface area (Å²) in [4.78, 5) is 2.16. The van der Waals surface area contributed by atoms with Crippen molar-refractivity contribution in [2.24, 2.45) is 0 Å². The van der Waals surface area contributed by atoms with Crippen molar-refractivity contribution in [3.05, 3.63) is 0 Å². The van der Waals surface area contributed by atoms with Crippen molar-refractivity contribution < 1.29 is 14.2 Å². The van der Waals surface area contributed by atoms with Crippen molar-refractivity contribution in [1.82, 2.24) is 4.90 Å². The summed E-state index contributed by atoms with van der Waals surface area (Å²) < 4.78 is 18.1. The Morgan fingerprint density at radius 2 is 0.744 bits per heavy atom. The van der Waals surface area contributed by atoms with Gasteiger partial charge in [-0.2, -0.15) is 0 Å². The first-order valence-corrected chi connectivity index (χ1v) is 17.6. The zero-order valence-corrected chi connectivity index (χ0v) is 27.5. The summed E-state index contributed by atoms with van der Waals surface area (Å²) in [5.74, 6) is 0. The molecule has 0 saturated heterocycles. The lowest BCUT2D eigenvalue weighted by Gasteiger charge is -2.19. The maximum atomic E-state index is 6.19. The average Bonchev–Trinajstić information content (AvgIpc) is 2.93. The molecule has 0 bridgehead atoms. The van der Waals surface area contributed by atoms with Gasteiger partial charge in [-0.05, 0) is 26.9 Å². The number of ether oxygens (including phenoxy) is 3. The molecule has 0 spiro atoms. The van der Waals surface area contributed by atoms with Crippen molar-refractivity contribution in [3.8, 4) is 0 Å². The Morgan fingerprint density at radius 3 is 1.13 bits per heavy atom. The van der Waals surface area contributed by atoms with Crippen molar-refractivity contribution >= 4 is 0 Å². The van der Waals surface area contributed by atoms with Crippen LogP contribution in [-0.2, 0) is 14.2 Å². The van der Waals surface area contributed by atoms with Gasteiger partial charge >= 0.3 is 0 Å². The van der Waals surface area contributed by atoms with Crippen LogP contribution in [0.1, 0.15) is 168 Å². The number of unbranched alkanes of at least 4 members (excludes halogenated alkanes) is 22. The fraction of sp³-hybridized carbons (Fsp3) is 1.00. The van der Waals surface area contributed by atoms with Gasteiger partial charge in [0.25, 0.3) is 0 Å². The summed E-state index contributed by atoms with van der Waals surface area (Å²) in [6, 6.07) is 0. The van der Waals surface area contributed by atoms with Gasteiger partial charge in [-0.3, -0.25) is 0 Å². The molecule has 1 unspecified atom stereocenters. The SMILES string of the molecule is CCCCCCCCCCCCCCOCC(COCCN(C)C)OCCCCCCCCCCCCCC. The fourth-order valence-corrected chi connectivity index (χ4v) is 5.06. The Morgan fingerprint density at radius 1 is 0.410 bits per heavy atom. The van der Waals surface area contributed by atoms with E-state index in [4.69, 9.17) is 14.2 Å². The number of rotatable bonds is 34. The molecule has 4 heteroatoms. The largest absolute Gasteiger partial charge is 0.379 e. The van der Waals surface area contributed by atoms with E-state index in [1.54, 1.807) is 0 Å². The van der Waals surface area contributed by atoms with Crippen molar-refractivity contribution in [2.45, 2.75) is 174 Å². The zero-order chi connectivity index (χ0) is 28.5. The molecule has 0 aromatic carbocycles. The quantitative estimate of drug-likeness (QED) is 0.0739. The highest BCUT2D eigenvalue weighted by Gasteiger charge is 2.10. The molecule has 0 N–H and O–H groups in total. The van der Waals surface area contributed by atoms with Crippen LogP contribution < -0.4 is 0 Å². The lowest BCUT2D eigenvalue weighted by Crippen LogP contribution is -2.28. The van der Waals surface area contributed by atoms with Gasteiger partial charge in [0.2, 0.25) is 0 Å². The number of hydrogen-bond donors (Lipinski definition) is 0. The van der Waals surface area contributed by atoms with Crippen LogP contribution in [0.25, 0.3) is 0 Å². The monoisotopic (exact) mass is 556 g/mol. The van der Waals surface area contributed by atoms with Crippen LogP contribution in [0.5, 0.6) is 0 Å². The second-order valence-electron chi connectivity index (χ2n) is 12.2. The van der Waals surface area contributed by atoms with Crippen LogP contribution in [0.15, 0.2) is 0 Å². The molecular weight excluding hydrogens is 482 g/mol. The summed E-state index contributed by atoms with van der Waals surface area (Å²) in [6.45, 7) is 9.29. The zero-order valence-electron chi connectivity index (χ0n) is 27.5. The van der Waals surface area contributed by atoms with Crippen LogP contribution in [0.4, 0.5) is 0 Å². The fourth-order valence-electron chi connectivity index (χ4n) is 5.06. The number of nitrogens with zero attached hydrogens (tertiary/aromatic N) is 1. The molecule has 0 rings (SSSR count). The van der Waals surface area contributed by atoms with E-state index in [0.717, 1.165) is 32.8 Å². The molecule has 0 heterocycles. The normalized spacial score (nSPS) is 12.5. The van der Waals surface area contributed by atoms with E-state index in [-0.39, 0.29) is 6.10 Å². The smallest absolute Gasteiger partial charge is 0.104 e. The molecule has 1 atom stereocenters. The van der Waals surface area contributed by atoms with Gasteiger partial charge in [-0.1, -0.05) is 155 Å². The highest BCUT2D eigenvalue weighted by molar-refractivity contribution is 4.58. The maximum Gasteiger partial charge on any atom is 0.104 e. The lowest BCUT2D eigenvalue weighted by atomic mass is 10.1. The van der Waals surface area contributed by atoms with Gasteiger partial charge in [-0.15, -0.1) is 0 Å². The molecule has 4 nitrogen and oxygen atoms in total. The van der Waals surface area contributed by atoms with Crippen LogP contribution in [0.3, 0.4) is 0 Å². The Labute approximate surface area is 246 Å². The van der Waals surface area contributed by atoms with Gasteiger partial charge < -0.3 is 19.1 Å². The average molecular weight is 556 g/mol. The van der Waals surface area contributed by atoms with Gasteiger partial charge in [-0.25, -0.2) is 0 Å². The molecule has 236 valence electrons. The highest BCUT2D eigenvalue weighted by Crippen LogP contribution is 2.13. The van der Waals surface area contributed by atoms with E-state index in [1.165, 1.54) is 148 Å². The van der Waals surface area contributed by atoms with Crippen molar-refractivity contribution in [3.63, 3.8) is 0 Å².